The fraction of sp³-hybridized carbons (Fsp3) is 0.167. The minimum absolute atomic E-state index is 0. The van der Waals surface area contributed by atoms with Gasteiger partial charge in [-0.25, -0.2) is 4.98 Å². The van der Waals surface area contributed by atoms with E-state index in [9.17, 15) is 4.79 Å². The van der Waals surface area contributed by atoms with Crippen molar-refractivity contribution in [3.8, 4) is 10.6 Å². The van der Waals surface area contributed by atoms with Crippen LogP contribution in [0.25, 0.3) is 21.6 Å². The van der Waals surface area contributed by atoms with E-state index >= 15 is 0 Å². The molecule has 0 saturated carbocycles. The van der Waals surface area contributed by atoms with Gasteiger partial charge in [-0.15, -0.1) is 23.7 Å². The first kappa shape index (κ1) is 16.5. The Hall–Kier alpha value is -0.860. The fourth-order valence-corrected chi connectivity index (χ4v) is 4.22. The van der Waals surface area contributed by atoms with Gasteiger partial charge in [0.2, 0.25) is 0 Å². The molecule has 0 unspecified atom stereocenters. The van der Waals surface area contributed by atoms with Crippen LogP contribution in [-0.4, -0.2) is 21.1 Å². The second-order valence-electron chi connectivity index (χ2n) is 4.13. The summed E-state index contributed by atoms with van der Waals surface area (Å²) >= 11 is 11.3. The second kappa shape index (κ2) is 6.50. The van der Waals surface area contributed by atoms with Crippen LogP contribution in [0.2, 0.25) is 5.02 Å². The van der Waals surface area contributed by atoms with Crippen molar-refractivity contribution < 1.29 is 0 Å². The van der Waals surface area contributed by atoms with Crippen LogP contribution in [0.15, 0.2) is 27.0 Å². The number of aromatic nitrogens is 3. The van der Waals surface area contributed by atoms with E-state index in [0.717, 1.165) is 15.0 Å². The van der Waals surface area contributed by atoms with Gasteiger partial charge in [0.25, 0.3) is 5.56 Å². The number of hydrogen-bond acceptors (Lipinski definition) is 4. The van der Waals surface area contributed by atoms with Crippen molar-refractivity contribution in [2.75, 3.05) is 6.54 Å². The minimum Gasteiger partial charge on any atom is -0.332 e. The van der Waals surface area contributed by atoms with Gasteiger partial charge < -0.3 is 15.3 Å². The third-order valence-corrected chi connectivity index (χ3v) is 5.07. The van der Waals surface area contributed by atoms with Crippen LogP contribution in [-0.2, 0) is 6.54 Å². The first-order valence-corrected chi connectivity index (χ1v) is 7.89. The van der Waals surface area contributed by atoms with E-state index < -0.39 is 0 Å². The summed E-state index contributed by atoms with van der Waals surface area (Å²) in [5.41, 5.74) is 7.44. The molecule has 9 heteroatoms. The summed E-state index contributed by atoms with van der Waals surface area (Å²) in [6.45, 7) is 0.932. The molecule has 3 N–H and O–H groups in total. The highest BCUT2D eigenvalue weighted by atomic mass is 79.9. The van der Waals surface area contributed by atoms with Crippen LogP contribution in [0.4, 0.5) is 0 Å². The Morgan fingerprint density at radius 3 is 2.90 bits per heavy atom. The Labute approximate surface area is 143 Å². The lowest BCUT2D eigenvalue weighted by atomic mass is 10.3. The van der Waals surface area contributed by atoms with E-state index in [1.165, 1.54) is 17.7 Å². The van der Waals surface area contributed by atoms with Gasteiger partial charge in [-0.3, -0.25) is 4.79 Å². The minimum atomic E-state index is -0.192. The molecule has 0 aliphatic rings. The van der Waals surface area contributed by atoms with Crippen LogP contribution >= 0.6 is 51.3 Å². The van der Waals surface area contributed by atoms with Gasteiger partial charge in [0.05, 0.1) is 26.4 Å². The van der Waals surface area contributed by atoms with Crippen molar-refractivity contribution in [1.29, 1.82) is 0 Å². The number of nitrogens with one attached hydrogen (secondary N) is 1. The predicted molar refractivity (Wildman–Crippen MR) is 92.7 cm³/mol. The number of nitrogens with zero attached hydrogens (tertiary/aromatic N) is 2. The van der Waals surface area contributed by atoms with Gasteiger partial charge in [0, 0.05) is 13.1 Å². The number of halogens is 3. The summed E-state index contributed by atoms with van der Waals surface area (Å²) < 4.78 is 2.62. The molecule has 0 radical (unpaired) electrons. The average molecular weight is 410 g/mol. The summed E-state index contributed by atoms with van der Waals surface area (Å²) in [5, 5.41) is 2.56. The molecule has 5 nitrogen and oxygen atoms in total. The topological polar surface area (TPSA) is 76.7 Å². The van der Waals surface area contributed by atoms with Gasteiger partial charge >= 0.3 is 0 Å². The average Bonchev–Trinajstić information content (AvgIpc) is 2.94. The molecule has 3 aromatic rings. The molecule has 3 rings (SSSR count). The van der Waals surface area contributed by atoms with E-state index in [-0.39, 0.29) is 18.0 Å². The van der Waals surface area contributed by atoms with Crippen LogP contribution in [0.3, 0.4) is 0 Å². The third kappa shape index (κ3) is 2.64. The maximum atomic E-state index is 12.1. The zero-order chi connectivity index (χ0) is 14.3. The number of H-pyrrole nitrogens is 1. The summed E-state index contributed by atoms with van der Waals surface area (Å²) in [4.78, 5) is 19.8. The highest BCUT2D eigenvalue weighted by Gasteiger charge is 2.22. The van der Waals surface area contributed by atoms with Gasteiger partial charge in [-0.1, -0.05) is 11.6 Å². The second-order valence-corrected chi connectivity index (χ2v) is 6.25. The first-order chi connectivity index (χ1) is 9.65. The maximum absolute atomic E-state index is 12.1. The Balaban J connectivity index is 0.00000161. The van der Waals surface area contributed by atoms with Crippen LogP contribution in [0, 0.1) is 0 Å². The van der Waals surface area contributed by atoms with Crippen LogP contribution in [0.1, 0.15) is 0 Å². The number of fused-ring (bicyclic) bond motifs is 1. The molecule has 112 valence electrons. The fourth-order valence-electron chi connectivity index (χ4n) is 2.18. The monoisotopic (exact) mass is 408 g/mol. The molecule has 0 aliphatic heterocycles. The van der Waals surface area contributed by atoms with E-state index in [1.54, 1.807) is 0 Å². The van der Waals surface area contributed by atoms with Gasteiger partial charge in [0.15, 0.2) is 0 Å². The Morgan fingerprint density at radius 1 is 1.52 bits per heavy atom. The molecule has 0 atom stereocenters. The summed E-state index contributed by atoms with van der Waals surface area (Å²) in [5.74, 6) is 0. The summed E-state index contributed by atoms with van der Waals surface area (Å²) in [6.07, 6.45) is 1.39. The lowest BCUT2D eigenvalue weighted by Gasteiger charge is -2.08. The van der Waals surface area contributed by atoms with E-state index in [4.69, 9.17) is 17.3 Å². The zero-order valence-electron chi connectivity index (χ0n) is 10.6. The molecule has 0 aromatic carbocycles. The van der Waals surface area contributed by atoms with Crippen molar-refractivity contribution >= 4 is 62.3 Å². The molecule has 0 amide bonds. The van der Waals surface area contributed by atoms with Crippen molar-refractivity contribution in [1.82, 2.24) is 14.5 Å². The van der Waals surface area contributed by atoms with Gasteiger partial charge in [0.1, 0.15) is 11.0 Å². The molecule has 0 aliphatic carbocycles. The quantitative estimate of drug-likeness (QED) is 0.696. The van der Waals surface area contributed by atoms with Crippen LogP contribution < -0.4 is 11.3 Å². The maximum Gasteiger partial charge on any atom is 0.275 e. The highest BCUT2D eigenvalue weighted by molar-refractivity contribution is 9.10. The number of hydrogen-bond donors (Lipinski definition) is 2. The molecule has 3 heterocycles. The predicted octanol–water partition coefficient (Wildman–Crippen LogP) is 3.25. The van der Waals surface area contributed by atoms with Crippen LogP contribution in [0.5, 0.6) is 0 Å². The Kier molecular flexibility index (Phi) is 5.11. The molecule has 0 spiro atoms. The molecule has 0 fully saturated rings. The lowest BCUT2D eigenvalue weighted by Crippen LogP contribution is -2.16. The van der Waals surface area contributed by atoms with E-state index in [2.05, 4.69) is 25.9 Å². The summed E-state index contributed by atoms with van der Waals surface area (Å²) in [6, 6.07) is 1.83. The Morgan fingerprint density at radius 2 is 2.29 bits per heavy atom. The highest BCUT2D eigenvalue weighted by Crippen LogP contribution is 2.41. The molecule has 3 aromatic heterocycles. The third-order valence-electron chi connectivity index (χ3n) is 2.97. The standard InChI is InChI=1S/C12H10BrClN4OS.ClH/c13-7-8-10(12(19)17-5-16-8)18(3-2-15)9(7)11-6(14)1-4-20-11;/h1,4-5H,2-3,15H2,(H,16,17,19);1H. The smallest absolute Gasteiger partial charge is 0.275 e. The van der Waals surface area contributed by atoms with Crippen molar-refractivity contribution in [3.05, 3.63) is 37.6 Å². The van der Waals surface area contributed by atoms with E-state index in [1.807, 2.05) is 16.0 Å². The number of rotatable bonds is 3. The Bertz CT molecular complexity index is 842. The SMILES string of the molecule is Cl.NCCn1c(-c2sccc2Cl)c(Br)c2nc[nH]c(=O)c21. The molecular formula is C12H11BrCl2N4OS. The number of nitrogens with two attached hydrogens (primary N) is 1. The van der Waals surface area contributed by atoms with Crippen molar-refractivity contribution in [2.24, 2.45) is 5.73 Å². The zero-order valence-corrected chi connectivity index (χ0v) is 14.6. The molecule has 0 bridgehead atoms. The summed E-state index contributed by atoms with van der Waals surface area (Å²) in [7, 11) is 0. The normalized spacial score (nSPS) is 10.8. The number of aromatic amines is 1. The largest absolute Gasteiger partial charge is 0.332 e. The molecular weight excluding hydrogens is 399 g/mol. The lowest BCUT2D eigenvalue weighted by molar-refractivity contribution is 0.738. The van der Waals surface area contributed by atoms with Gasteiger partial charge in [-0.2, -0.15) is 0 Å². The van der Waals surface area contributed by atoms with Crippen molar-refractivity contribution in [2.45, 2.75) is 6.54 Å². The first-order valence-electron chi connectivity index (χ1n) is 5.84. The molecule has 0 saturated heterocycles. The molecule has 21 heavy (non-hydrogen) atoms. The van der Waals surface area contributed by atoms with E-state index in [0.29, 0.717) is 29.1 Å². The number of thiophene rings is 1. The van der Waals surface area contributed by atoms with Crippen molar-refractivity contribution in [3.63, 3.8) is 0 Å². The van der Waals surface area contributed by atoms with Gasteiger partial charge in [-0.05, 0) is 27.4 Å².